The highest BCUT2D eigenvalue weighted by molar-refractivity contribution is 6.33. The predicted octanol–water partition coefficient (Wildman–Crippen LogP) is 4.79. The van der Waals surface area contributed by atoms with Crippen LogP contribution in [0.25, 0.3) is 11.1 Å². The summed E-state index contributed by atoms with van der Waals surface area (Å²) in [6.45, 7) is 0.476. The van der Waals surface area contributed by atoms with Crippen molar-refractivity contribution in [3.8, 4) is 17.0 Å². The average molecular weight is 324 g/mol. The predicted molar refractivity (Wildman–Crippen MR) is 90.8 cm³/mol. The number of hydrogen-bond donors (Lipinski definition) is 0. The Morgan fingerprint density at radius 2 is 1.78 bits per heavy atom. The van der Waals surface area contributed by atoms with E-state index in [4.69, 9.17) is 16.3 Å². The normalized spacial score (nSPS) is 10.3. The molecule has 0 spiro atoms. The molecule has 0 atom stereocenters. The molecule has 0 aliphatic carbocycles. The first-order valence-electron chi connectivity index (χ1n) is 7.14. The number of carbonyl (C=O) groups excluding carboxylic acids is 1. The van der Waals surface area contributed by atoms with Crippen LogP contribution in [0.1, 0.15) is 15.9 Å². The van der Waals surface area contributed by atoms with Gasteiger partial charge in [-0.3, -0.25) is 4.79 Å². The van der Waals surface area contributed by atoms with Gasteiger partial charge in [-0.2, -0.15) is 0 Å². The van der Waals surface area contributed by atoms with Crippen LogP contribution < -0.4 is 4.74 Å². The van der Waals surface area contributed by atoms with E-state index in [1.54, 1.807) is 18.3 Å². The Morgan fingerprint density at radius 1 is 1.00 bits per heavy atom. The number of ether oxygens (including phenoxy) is 1. The molecule has 0 aliphatic heterocycles. The molecule has 114 valence electrons. The lowest BCUT2D eigenvalue weighted by Gasteiger charge is -2.07. The van der Waals surface area contributed by atoms with E-state index in [0.717, 1.165) is 23.0 Å². The van der Waals surface area contributed by atoms with Crippen molar-refractivity contribution in [2.45, 2.75) is 6.61 Å². The zero-order chi connectivity index (χ0) is 16.1. The summed E-state index contributed by atoms with van der Waals surface area (Å²) < 4.78 is 5.66. The fourth-order valence-corrected chi connectivity index (χ4v) is 2.34. The second kappa shape index (κ2) is 7.07. The quantitative estimate of drug-likeness (QED) is 0.633. The SMILES string of the molecule is O=Cc1cc(-c2ccc(OCc3ccccc3)nc2)ccc1Cl. The van der Waals surface area contributed by atoms with Crippen molar-refractivity contribution < 1.29 is 9.53 Å². The van der Waals surface area contributed by atoms with Gasteiger partial charge in [0, 0.05) is 23.4 Å². The number of aromatic nitrogens is 1. The van der Waals surface area contributed by atoms with E-state index in [1.165, 1.54) is 0 Å². The van der Waals surface area contributed by atoms with Crippen molar-refractivity contribution in [2.75, 3.05) is 0 Å². The van der Waals surface area contributed by atoms with E-state index in [1.807, 2.05) is 48.5 Å². The molecular formula is C19H14ClNO2. The molecule has 0 radical (unpaired) electrons. The van der Waals surface area contributed by atoms with E-state index in [0.29, 0.717) is 23.1 Å². The van der Waals surface area contributed by atoms with E-state index in [2.05, 4.69) is 4.98 Å². The van der Waals surface area contributed by atoms with Crippen molar-refractivity contribution in [1.82, 2.24) is 4.98 Å². The largest absolute Gasteiger partial charge is 0.473 e. The van der Waals surface area contributed by atoms with Crippen LogP contribution in [0, 0.1) is 0 Å². The molecule has 1 heterocycles. The van der Waals surface area contributed by atoms with Crippen LogP contribution in [0.2, 0.25) is 5.02 Å². The molecule has 2 aromatic carbocycles. The summed E-state index contributed by atoms with van der Waals surface area (Å²) in [7, 11) is 0. The maximum atomic E-state index is 11.0. The summed E-state index contributed by atoms with van der Waals surface area (Å²) in [5.41, 5.74) is 3.34. The molecular weight excluding hydrogens is 310 g/mol. The molecule has 0 saturated carbocycles. The highest BCUT2D eigenvalue weighted by Gasteiger charge is 2.04. The highest BCUT2D eigenvalue weighted by atomic mass is 35.5. The summed E-state index contributed by atoms with van der Waals surface area (Å²) in [6.07, 6.45) is 2.47. The Kier molecular flexibility index (Phi) is 4.69. The molecule has 0 unspecified atom stereocenters. The van der Waals surface area contributed by atoms with Crippen LogP contribution in [0.3, 0.4) is 0 Å². The number of hydrogen-bond acceptors (Lipinski definition) is 3. The minimum atomic E-state index is 0.444. The smallest absolute Gasteiger partial charge is 0.213 e. The fourth-order valence-electron chi connectivity index (χ4n) is 2.18. The highest BCUT2D eigenvalue weighted by Crippen LogP contribution is 2.25. The maximum absolute atomic E-state index is 11.0. The first-order chi connectivity index (χ1) is 11.3. The van der Waals surface area contributed by atoms with Crippen LogP contribution in [0.4, 0.5) is 0 Å². The average Bonchev–Trinajstić information content (AvgIpc) is 2.62. The molecule has 0 fully saturated rings. The first kappa shape index (κ1) is 15.3. The van der Waals surface area contributed by atoms with Gasteiger partial charge in [0.2, 0.25) is 5.88 Å². The monoisotopic (exact) mass is 323 g/mol. The molecule has 4 heteroatoms. The Hall–Kier alpha value is -2.65. The zero-order valence-corrected chi connectivity index (χ0v) is 13.0. The van der Waals surface area contributed by atoms with Crippen LogP contribution in [-0.4, -0.2) is 11.3 Å². The molecule has 0 saturated heterocycles. The number of aldehydes is 1. The van der Waals surface area contributed by atoms with Crippen LogP contribution in [0.15, 0.2) is 66.9 Å². The zero-order valence-electron chi connectivity index (χ0n) is 12.3. The summed E-state index contributed by atoms with van der Waals surface area (Å²) >= 11 is 5.94. The standard InChI is InChI=1S/C19H14ClNO2/c20-18-8-6-15(10-17(18)12-22)16-7-9-19(21-11-16)23-13-14-4-2-1-3-5-14/h1-12H,13H2. The van der Waals surface area contributed by atoms with Crippen molar-refractivity contribution in [3.63, 3.8) is 0 Å². The van der Waals surface area contributed by atoms with Crippen molar-refractivity contribution in [3.05, 3.63) is 83.0 Å². The van der Waals surface area contributed by atoms with Gasteiger partial charge in [-0.25, -0.2) is 4.98 Å². The third-order valence-corrected chi connectivity index (χ3v) is 3.77. The molecule has 3 rings (SSSR count). The lowest BCUT2D eigenvalue weighted by molar-refractivity contribution is 0.112. The molecule has 0 N–H and O–H groups in total. The van der Waals surface area contributed by atoms with Gasteiger partial charge in [0.15, 0.2) is 6.29 Å². The number of halogens is 1. The van der Waals surface area contributed by atoms with Gasteiger partial charge in [0.25, 0.3) is 0 Å². The molecule has 23 heavy (non-hydrogen) atoms. The molecule has 0 aliphatic rings. The third-order valence-electron chi connectivity index (χ3n) is 3.42. The van der Waals surface area contributed by atoms with E-state index < -0.39 is 0 Å². The Morgan fingerprint density at radius 3 is 2.48 bits per heavy atom. The summed E-state index contributed by atoms with van der Waals surface area (Å²) in [6, 6.07) is 19.0. The number of benzene rings is 2. The van der Waals surface area contributed by atoms with Crippen LogP contribution in [0.5, 0.6) is 5.88 Å². The summed E-state index contributed by atoms with van der Waals surface area (Å²) in [5, 5.41) is 0.444. The van der Waals surface area contributed by atoms with Gasteiger partial charge >= 0.3 is 0 Å². The topological polar surface area (TPSA) is 39.2 Å². The van der Waals surface area contributed by atoms with E-state index >= 15 is 0 Å². The second-order valence-corrected chi connectivity index (χ2v) is 5.42. The van der Waals surface area contributed by atoms with Crippen LogP contribution >= 0.6 is 11.6 Å². The lowest BCUT2D eigenvalue weighted by atomic mass is 10.1. The van der Waals surface area contributed by atoms with Crippen LogP contribution in [-0.2, 0) is 6.61 Å². The van der Waals surface area contributed by atoms with E-state index in [-0.39, 0.29) is 0 Å². The molecule has 1 aromatic heterocycles. The maximum Gasteiger partial charge on any atom is 0.213 e. The number of rotatable bonds is 5. The van der Waals surface area contributed by atoms with Gasteiger partial charge in [0.1, 0.15) is 6.61 Å². The minimum absolute atomic E-state index is 0.444. The number of carbonyl (C=O) groups is 1. The number of pyridine rings is 1. The molecule has 0 bridgehead atoms. The van der Waals surface area contributed by atoms with Gasteiger partial charge in [-0.05, 0) is 29.3 Å². The second-order valence-electron chi connectivity index (χ2n) is 5.01. The first-order valence-corrected chi connectivity index (χ1v) is 7.52. The molecule has 3 aromatic rings. The lowest BCUT2D eigenvalue weighted by Crippen LogP contribution is -1.96. The van der Waals surface area contributed by atoms with Gasteiger partial charge in [-0.15, -0.1) is 0 Å². The van der Waals surface area contributed by atoms with Crippen molar-refractivity contribution in [2.24, 2.45) is 0 Å². The van der Waals surface area contributed by atoms with E-state index in [9.17, 15) is 4.79 Å². The molecule has 0 amide bonds. The summed E-state index contributed by atoms with van der Waals surface area (Å²) in [4.78, 5) is 15.3. The Bertz CT molecular complexity index is 801. The van der Waals surface area contributed by atoms with Gasteiger partial charge < -0.3 is 4.74 Å². The summed E-state index contributed by atoms with van der Waals surface area (Å²) in [5.74, 6) is 0.558. The fraction of sp³-hybridized carbons (Fsp3) is 0.0526. The van der Waals surface area contributed by atoms with Gasteiger partial charge in [0.05, 0.1) is 5.02 Å². The minimum Gasteiger partial charge on any atom is -0.473 e. The van der Waals surface area contributed by atoms with Gasteiger partial charge in [-0.1, -0.05) is 48.0 Å². The molecule has 3 nitrogen and oxygen atoms in total. The number of nitrogens with zero attached hydrogens (tertiary/aromatic N) is 1. The van der Waals surface area contributed by atoms with Crippen molar-refractivity contribution >= 4 is 17.9 Å². The Balaban J connectivity index is 1.73. The Labute approximate surface area is 139 Å². The van der Waals surface area contributed by atoms with Crippen molar-refractivity contribution in [1.29, 1.82) is 0 Å². The third kappa shape index (κ3) is 3.76.